The SMILES string of the molecule is C#C.CCC(=O)O.COc1ccc(Cl)cc1S(=O)N1CCOc2ccc(NC(=O)OC(C)(C)C(F)(F)F)cc21. The first-order chi connectivity index (χ1) is 18.2. The molecule has 1 atom stereocenters. The van der Waals surface area contributed by atoms with E-state index < -0.39 is 34.8 Å². The molecule has 0 spiro atoms. The summed E-state index contributed by atoms with van der Waals surface area (Å²) in [7, 11) is -0.313. The van der Waals surface area contributed by atoms with Gasteiger partial charge in [0.2, 0.25) is 5.60 Å². The Morgan fingerprint density at radius 1 is 1.21 bits per heavy atom. The van der Waals surface area contributed by atoms with Crippen molar-refractivity contribution in [1.29, 1.82) is 0 Å². The normalized spacial score (nSPS) is 13.1. The first-order valence-corrected chi connectivity index (χ1v) is 12.6. The number of aliphatic carboxylic acids is 1. The Kier molecular flexibility index (Phi) is 12.4. The minimum Gasteiger partial charge on any atom is -0.495 e. The summed E-state index contributed by atoms with van der Waals surface area (Å²) in [5.41, 5.74) is -2.17. The van der Waals surface area contributed by atoms with Gasteiger partial charge in [-0.15, -0.1) is 12.8 Å². The molecule has 1 aliphatic heterocycles. The molecule has 0 saturated heterocycles. The number of terminal acetylenes is 1. The predicted molar refractivity (Wildman–Crippen MR) is 142 cm³/mol. The minimum atomic E-state index is -4.74. The third-order valence-corrected chi connectivity index (χ3v) is 6.58. The number of amides is 1. The van der Waals surface area contributed by atoms with Crippen molar-refractivity contribution in [1.82, 2.24) is 0 Å². The van der Waals surface area contributed by atoms with E-state index in [1.54, 1.807) is 19.1 Å². The fraction of sp³-hybridized carbons (Fsp3) is 0.360. The Bertz CT molecular complexity index is 1210. The molecular weight excluding hydrogens is 565 g/mol. The van der Waals surface area contributed by atoms with Crippen LogP contribution in [0.25, 0.3) is 0 Å². The maximum atomic E-state index is 13.3. The van der Waals surface area contributed by atoms with Crippen LogP contribution in [0.5, 0.6) is 11.5 Å². The number of nitrogens with one attached hydrogen (secondary N) is 1. The van der Waals surface area contributed by atoms with Gasteiger partial charge in [0.1, 0.15) is 23.0 Å². The van der Waals surface area contributed by atoms with Crippen molar-refractivity contribution in [2.24, 2.45) is 0 Å². The van der Waals surface area contributed by atoms with Gasteiger partial charge in [0.25, 0.3) is 0 Å². The van der Waals surface area contributed by atoms with Crippen molar-refractivity contribution in [3.8, 4) is 24.3 Å². The molecule has 39 heavy (non-hydrogen) atoms. The molecule has 1 heterocycles. The highest BCUT2D eigenvalue weighted by Gasteiger charge is 2.51. The van der Waals surface area contributed by atoms with Crippen LogP contribution in [0.4, 0.5) is 29.3 Å². The summed E-state index contributed by atoms with van der Waals surface area (Å²) in [6, 6.07) is 9.10. The van der Waals surface area contributed by atoms with Gasteiger partial charge in [0, 0.05) is 17.1 Å². The Morgan fingerprint density at radius 2 is 1.82 bits per heavy atom. The fourth-order valence-electron chi connectivity index (χ4n) is 2.78. The van der Waals surface area contributed by atoms with Crippen LogP contribution in [0.2, 0.25) is 5.02 Å². The number of hydrogen-bond donors (Lipinski definition) is 2. The molecule has 1 aliphatic rings. The lowest BCUT2D eigenvalue weighted by Gasteiger charge is -2.31. The number of nitrogens with zero attached hydrogens (tertiary/aromatic N) is 1. The van der Waals surface area contributed by atoms with Crippen molar-refractivity contribution < 1.29 is 46.3 Å². The van der Waals surface area contributed by atoms with Gasteiger partial charge in [-0.3, -0.25) is 14.4 Å². The topological polar surface area (TPSA) is 114 Å². The van der Waals surface area contributed by atoms with Gasteiger partial charge < -0.3 is 19.3 Å². The summed E-state index contributed by atoms with van der Waals surface area (Å²) in [5, 5.41) is 10.4. The van der Waals surface area contributed by atoms with E-state index >= 15 is 0 Å². The zero-order valence-corrected chi connectivity index (χ0v) is 23.1. The van der Waals surface area contributed by atoms with Gasteiger partial charge in [-0.25, -0.2) is 9.00 Å². The third kappa shape index (κ3) is 9.26. The number of benzene rings is 2. The van der Waals surface area contributed by atoms with Crippen molar-refractivity contribution in [2.45, 2.75) is 43.9 Å². The minimum absolute atomic E-state index is 0.136. The van der Waals surface area contributed by atoms with Crippen LogP contribution in [0, 0.1) is 12.8 Å². The molecule has 2 N–H and O–H groups in total. The molecule has 14 heteroatoms. The van der Waals surface area contributed by atoms with Gasteiger partial charge >= 0.3 is 18.2 Å². The Balaban J connectivity index is 0.000000975. The third-order valence-electron chi connectivity index (χ3n) is 4.87. The number of rotatable bonds is 6. The van der Waals surface area contributed by atoms with Gasteiger partial charge in [0.05, 0.1) is 19.3 Å². The van der Waals surface area contributed by atoms with E-state index in [0.29, 0.717) is 27.1 Å². The Hall–Kier alpha value is -3.63. The number of methoxy groups -OCH3 is 1. The number of ether oxygens (including phenoxy) is 3. The fourth-order valence-corrected chi connectivity index (χ4v) is 4.37. The van der Waals surface area contributed by atoms with Crippen LogP contribution in [0.15, 0.2) is 41.3 Å². The average Bonchev–Trinajstić information content (AvgIpc) is 2.88. The zero-order chi connectivity index (χ0) is 30.0. The van der Waals surface area contributed by atoms with Crippen molar-refractivity contribution in [2.75, 3.05) is 29.9 Å². The van der Waals surface area contributed by atoms with E-state index in [-0.39, 0.29) is 25.3 Å². The average molecular weight is 593 g/mol. The van der Waals surface area contributed by atoms with E-state index in [4.69, 9.17) is 26.2 Å². The Morgan fingerprint density at radius 3 is 2.36 bits per heavy atom. The van der Waals surface area contributed by atoms with Crippen LogP contribution in [0.3, 0.4) is 0 Å². The summed E-state index contributed by atoms with van der Waals surface area (Å²) in [6.07, 6.45) is 2.20. The molecule has 0 saturated carbocycles. The second kappa shape index (κ2) is 14.5. The molecule has 0 aliphatic carbocycles. The van der Waals surface area contributed by atoms with Crippen molar-refractivity contribution >= 4 is 46.0 Å². The highest BCUT2D eigenvalue weighted by molar-refractivity contribution is 7.86. The van der Waals surface area contributed by atoms with Gasteiger partial charge in [-0.05, 0) is 50.2 Å². The highest BCUT2D eigenvalue weighted by Crippen LogP contribution is 2.38. The molecule has 214 valence electrons. The number of carboxylic acid groups (broad SMARTS) is 1. The van der Waals surface area contributed by atoms with Crippen molar-refractivity contribution in [3.63, 3.8) is 0 Å². The smallest absolute Gasteiger partial charge is 0.427 e. The maximum absolute atomic E-state index is 13.3. The van der Waals surface area contributed by atoms with Gasteiger partial charge in [0.15, 0.2) is 11.0 Å². The molecule has 1 unspecified atom stereocenters. The molecule has 0 aromatic heterocycles. The number of halogens is 4. The van der Waals surface area contributed by atoms with Crippen LogP contribution in [0.1, 0.15) is 27.2 Å². The summed E-state index contributed by atoms with van der Waals surface area (Å²) >= 11 is 6.05. The quantitative estimate of drug-likeness (QED) is 0.402. The first kappa shape index (κ1) is 33.4. The largest absolute Gasteiger partial charge is 0.495 e. The number of anilines is 2. The zero-order valence-electron chi connectivity index (χ0n) is 21.5. The molecule has 0 bridgehead atoms. The molecule has 9 nitrogen and oxygen atoms in total. The maximum Gasteiger partial charge on any atom is 0.427 e. The van der Waals surface area contributed by atoms with Crippen molar-refractivity contribution in [3.05, 3.63) is 41.4 Å². The lowest BCUT2D eigenvalue weighted by Crippen LogP contribution is -2.44. The summed E-state index contributed by atoms with van der Waals surface area (Å²) in [4.78, 5) is 21.7. The monoisotopic (exact) mass is 592 g/mol. The standard InChI is InChI=1S/C20H20ClF3N2O5S.C3H6O2.C2H2/c1-19(2,20(22,23)24)31-18(27)25-13-5-7-15-14(11-13)26(8-9-30-15)32(28)17-10-12(21)4-6-16(17)29-3;1-2-3(4)5;1-2/h4-7,10-11H,8-9H2,1-3H3,(H,25,27);2H2,1H3,(H,4,5);1-2H. The number of fused-ring (bicyclic) bond motifs is 1. The van der Waals surface area contributed by atoms with Crippen LogP contribution in [-0.4, -0.2) is 53.4 Å². The summed E-state index contributed by atoms with van der Waals surface area (Å²) in [6.45, 7) is 3.58. The number of carbonyl (C=O) groups excluding carboxylic acids is 1. The highest BCUT2D eigenvalue weighted by atomic mass is 35.5. The molecule has 0 fully saturated rings. The lowest BCUT2D eigenvalue weighted by atomic mass is 10.1. The van der Waals surface area contributed by atoms with E-state index in [2.05, 4.69) is 22.9 Å². The van der Waals surface area contributed by atoms with E-state index in [1.165, 1.54) is 35.7 Å². The molecule has 0 radical (unpaired) electrons. The van der Waals surface area contributed by atoms with Crippen LogP contribution < -0.4 is 19.1 Å². The van der Waals surface area contributed by atoms with E-state index in [1.807, 2.05) is 0 Å². The summed E-state index contributed by atoms with van der Waals surface area (Å²) in [5.74, 6) is 0.0122. The number of alkyl halides is 3. The van der Waals surface area contributed by atoms with E-state index in [0.717, 1.165) is 13.8 Å². The van der Waals surface area contributed by atoms with Gasteiger partial charge in [-0.2, -0.15) is 13.2 Å². The summed E-state index contributed by atoms with van der Waals surface area (Å²) < 4.78 is 69.1. The second-order valence-electron chi connectivity index (χ2n) is 7.95. The molecule has 1 amide bonds. The van der Waals surface area contributed by atoms with E-state index in [9.17, 15) is 27.0 Å². The van der Waals surface area contributed by atoms with Crippen LogP contribution >= 0.6 is 11.6 Å². The molecular formula is C25H28ClF3N2O7S. The first-order valence-electron chi connectivity index (χ1n) is 11.1. The predicted octanol–water partition coefficient (Wildman–Crippen LogP) is 5.89. The van der Waals surface area contributed by atoms with Gasteiger partial charge in [-0.1, -0.05) is 18.5 Å². The molecule has 2 aromatic carbocycles. The Labute approximate surface area is 231 Å². The lowest BCUT2D eigenvalue weighted by molar-refractivity contribution is -0.242. The molecule has 3 rings (SSSR count). The molecule has 2 aromatic rings. The number of carbonyl (C=O) groups is 2. The van der Waals surface area contributed by atoms with Crippen LogP contribution in [-0.2, 0) is 20.5 Å². The second-order valence-corrected chi connectivity index (χ2v) is 9.76. The number of carboxylic acids is 1. The number of hydrogen-bond acceptors (Lipinski definition) is 6.